The Bertz CT molecular complexity index is 1320. The Labute approximate surface area is 267 Å². The van der Waals surface area contributed by atoms with E-state index in [9.17, 15) is 38.7 Å². The van der Waals surface area contributed by atoms with Crippen LogP contribution < -0.4 is 16.4 Å². The van der Waals surface area contributed by atoms with Gasteiger partial charge in [-0.15, -0.1) is 0 Å². The van der Waals surface area contributed by atoms with Crippen molar-refractivity contribution in [3.63, 3.8) is 0 Å². The molecule has 0 bridgehead atoms. The number of hydrogen-bond acceptors (Lipinski definition) is 10. The molecule has 1 heterocycles. The summed E-state index contributed by atoms with van der Waals surface area (Å²) in [5.41, 5.74) is 4.18. The number of methoxy groups -OCH3 is 1. The normalized spacial score (nSPS) is 22.3. The molecule has 46 heavy (non-hydrogen) atoms. The number of ether oxygens (including phenoxy) is 2. The fourth-order valence-electron chi connectivity index (χ4n) is 5.94. The number of hydrogen-bond donors (Lipinski definition) is 4. The lowest BCUT2D eigenvalue weighted by molar-refractivity contribution is -0.154. The molecule has 2 fully saturated rings. The van der Waals surface area contributed by atoms with Crippen molar-refractivity contribution in [1.82, 2.24) is 20.4 Å². The van der Waals surface area contributed by atoms with Crippen molar-refractivity contribution in [3.8, 4) is 0 Å². The van der Waals surface area contributed by atoms with E-state index in [1.54, 1.807) is 0 Å². The number of rotatable bonds is 14. The zero-order valence-corrected chi connectivity index (χ0v) is 26.5. The van der Waals surface area contributed by atoms with Crippen LogP contribution in [0, 0.1) is 0 Å². The molecule has 1 aromatic rings. The zero-order chi connectivity index (χ0) is 34.2. The van der Waals surface area contributed by atoms with E-state index >= 15 is 0 Å². The fraction of sp³-hybridized carbons (Fsp3) is 0.581. The van der Waals surface area contributed by atoms with Gasteiger partial charge in [-0.1, -0.05) is 30.3 Å². The molecule has 15 nitrogen and oxygen atoms in total. The first-order chi connectivity index (χ1) is 21.8. The molecule has 0 aromatic heterocycles. The van der Waals surface area contributed by atoms with Crippen LogP contribution >= 0.6 is 0 Å². The number of amides is 4. The summed E-state index contributed by atoms with van der Waals surface area (Å²) >= 11 is 0. The summed E-state index contributed by atoms with van der Waals surface area (Å²) < 4.78 is 10.2. The first-order valence-corrected chi connectivity index (χ1v) is 15.2. The number of Topliss-reactive ketones (excluding diaryl/α,β-unsaturated/α-hetero) is 3. The second-order valence-corrected chi connectivity index (χ2v) is 11.7. The van der Waals surface area contributed by atoms with Gasteiger partial charge in [0.2, 0.25) is 23.1 Å². The van der Waals surface area contributed by atoms with Gasteiger partial charge >= 0.3 is 12.2 Å². The number of ketones is 3. The third-order valence-corrected chi connectivity index (χ3v) is 8.23. The maximum Gasteiger partial charge on any atom is 0.409 e. The topological polar surface area (TPSA) is 215 Å². The summed E-state index contributed by atoms with van der Waals surface area (Å²) in [4.78, 5) is 93.2. The van der Waals surface area contributed by atoms with Gasteiger partial charge in [0, 0.05) is 32.7 Å². The van der Waals surface area contributed by atoms with Crippen molar-refractivity contribution in [1.29, 1.82) is 0 Å². The van der Waals surface area contributed by atoms with E-state index in [0.717, 1.165) is 5.56 Å². The van der Waals surface area contributed by atoms with Crippen molar-refractivity contribution in [2.24, 2.45) is 5.73 Å². The highest BCUT2D eigenvalue weighted by Gasteiger charge is 2.67. The van der Waals surface area contributed by atoms with E-state index in [1.165, 1.54) is 32.8 Å². The molecule has 5 N–H and O–H groups in total. The highest BCUT2D eigenvalue weighted by Crippen LogP contribution is 2.37. The Balaban J connectivity index is 1.60. The van der Waals surface area contributed by atoms with Crippen LogP contribution in [0.25, 0.3) is 0 Å². The number of nitrogens with two attached hydrogens (primary N) is 1. The number of benzene rings is 1. The van der Waals surface area contributed by atoms with Gasteiger partial charge in [-0.05, 0) is 52.0 Å². The first kappa shape index (κ1) is 36.1. The van der Waals surface area contributed by atoms with E-state index in [-0.39, 0.29) is 32.5 Å². The molecule has 1 aromatic carbocycles. The molecule has 0 radical (unpaired) electrons. The average molecular weight is 646 g/mol. The number of alkyl carbamates (subject to hydrolysis) is 1. The summed E-state index contributed by atoms with van der Waals surface area (Å²) in [6, 6.07) is 4.81. The lowest BCUT2D eigenvalue weighted by Crippen LogP contribution is -2.70. The number of nitrogens with zero attached hydrogens (tertiary/aromatic N) is 2. The smallest absolute Gasteiger partial charge is 0.409 e. The van der Waals surface area contributed by atoms with Crippen LogP contribution in [0.1, 0.15) is 58.4 Å². The van der Waals surface area contributed by atoms with Crippen LogP contribution in [0.5, 0.6) is 0 Å². The number of carbonyl (C=O) groups excluding carboxylic acids is 6. The Morgan fingerprint density at radius 1 is 1.13 bits per heavy atom. The number of carbonyl (C=O) groups is 7. The Kier molecular flexibility index (Phi) is 12.4. The van der Waals surface area contributed by atoms with Gasteiger partial charge in [-0.2, -0.15) is 0 Å². The van der Waals surface area contributed by atoms with Gasteiger partial charge in [-0.25, -0.2) is 9.59 Å². The molecule has 3 rings (SSSR count). The molecule has 4 amide bonds. The highest BCUT2D eigenvalue weighted by molar-refractivity contribution is 6.36. The molecule has 252 valence electrons. The largest absolute Gasteiger partial charge is 0.465 e. The minimum atomic E-state index is -2.66. The van der Waals surface area contributed by atoms with Crippen molar-refractivity contribution < 1.29 is 48.1 Å². The van der Waals surface area contributed by atoms with Crippen LogP contribution in [-0.4, -0.2) is 112 Å². The molecule has 1 saturated heterocycles. The monoisotopic (exact) mass is 645 g/mol. The maximum atomic E-state index is 14.1. The van der Waals surface area contributed by atoms with Crippen LogP contribution in [0.15, 0.2) is 30.3 Å². The van der Waals surface area contributed by atoms with Gasteiger partial charge in [0.1, 0.15) is 18.8 Å². The van der Waals surface area contributed by atoms with Gasteiger partial charge in [0.15, 0.2) is 11.6 Å². The molecule has 2 aliphatic rings. The van der Waals surface area contributed by atoms with Gasteiger partial charge < -0.3 is 35.8 Å². The van der Waals surface area contributed by atoms with E-state index in [2.05, 4.69) is 10.6 Å². The summed E-state index contributed by atoms with van der Waals surface area (Å²) in [5.74, 6) is -4.18. The number of carboxylic acid groups (broad SMARTS) is 1. The second-order valence-electron chi connectivity index (χ2n) is 11.7. The molecular weight excluding hydrogens is 602 g/mol. The molecule has 5 atom stereocenters. The summed E-state index contributed by atoms with van der Waals surface area (Å²) in [6.07, 6.45) is -3.05. The molecule has 0 spiro atoms. The minimum Gasteiger partial charge on any atom is -0.465 e. The van der Waals surface area contributed by atoms with Gasteiger partial charge in [0.25, 0.3) is 0 Å². The Morgan fingerprint density at radius 2 is 1.80 bits per heavy atom. The molecule has 1 aliphatic carbocycles. The average Bonchev–Trinajstić information content (AvgIpc) is 3.60. The minimum absolute atomic E-state index is 0.0917. The Hall–Kier alpha value is -4.37. The first-order valence-electron chi connectivity index (χ1n) is 15.2. The van der Waals surface area contributed by atoms with Gasteiger partial charge in [0.05, 0.1) is 12.1 Å². The Morgan fingerprint density at radius 3 is 2.39 bits per heavy atom. The van der Waals surface area contributed by atoms with Crippen LogP contribution in [0.3, 0.4) is 0 Å². The van der Waals surface area contributed by atoms with E-state index in [0.29, 0.717) is 17.7 Å². The fourth-order valence-corrected chi connectivity index (χ4v) is 5.94. The summed E-state index contributed by atoms with van der Waals surface area (Å²) in [7, 11) is 1.19. The van der Waals surface area contributed by atoms with Crippen molar-refractivity contribution >= 4 is 41.4 Å². The standard InChI is InChI=1S/C31H43N5O10/c1-18(2)36(30(43)44)31(24(37)16-23(45-4)26(31)39)25(38)22-13-9-15-35(22)28(41)19(3)34-27(40)21(32)12-8-14-33-29(42)46-17-20-10-6-5-7-11-20/h5-7,10-11,18-19,21-23H,8-9,12-17,32H2,1-4H3,(H,33,42)(H,34,40)(H,43,44)/t19-,21-,22-,23?,31?/m0/s1. The van der Waals surface area contributed by atoms with Crippen LogP contribution in [-0.2, 0) is 40.1 Å². The van der Waals surface area contributed by atoms with Crippen LogP contribution in [0.2, 0.25) is 0 Å². The van der Waals surface area contributed by atoms with Crippen molar-refractivity contribution in [2.45, 2.75) is 95.3 Å². The van der Waals surface area contributed by atoms with E-state index in [1.807, 2.05) is 30.3 Å². The third kappa shape index (κ3) is 7.70. The highest BCUT2D eigenvalue weighted by atomic mass is 16.5. The van der Waals surface area contributed by atoms with Gasteiger partial charge in [-0.3, -0.25) is 28.9 Å². The van der Waals surface area contributed by atoms with E-state index < -0.39 is 83.6 Å². The summed E-state index contributed by atoms with van der Waals surface area (Å²) in [5, 5.41) is 15.1. The number of nitrogens with one attached hydrogen (secondary N) is 2. The second kappa shape index (κ2) is 15.8. The van der Waals surface area contributed by atoms with Crippen molar-refractivity contribution in [3.05, 3.63) is 35.9 Å². The molecule has 15 heteroatoms. The molecule has 1 saturated carbocycles. The van der Waals surface area contributed by atoms with Crippen molar-refractivity contribution in [2.75, 3.05) is 20.2 Å². The molecular formula is C31H43N5O10. The van der Waals surface area contributed by atoms with E-state index in [4.69, 9.17) is 15.2 Å². The molecule has 2 unspecified atom stereocenters. The maximum absolute atomic E-state index is 14.1. The molecule has 1 aliphatic heterocycles. The quantitative estimate of drug-likeness (QED) is 0.164. The third-order valence-electron chi connectivity index (χ3n) is 8.23. The lowest BCUT2D eigenvalue weighted by atomic mass is 9.82. The number of likely N-dealkylation sites (tertiary alicyclic amines) is 1. The zero-order valence-electron chi connectivity index (χ0n) is 26.5. The summed E-state index contributed by atoms with van der Waals surface area (Å²) in [6.45, 7) is 4.70. The SMILES string of the molecule is COC1CC(=O)C(C(=O)[C@@H]2CCCN2C(=O)[C@H](C)NC(=O)[C@@H](N)CCCNC(=O)OCc2ccccc2)(N(C(=O)O)C(C)C)C1=O. The predicted octanol–water partition coefficient (Wildman–Crippen LogP) is 0.769. The lowest BCUT2D eigenvalue weighted by Gasteiger charge is -2.41. The predicted molar refractivity (Wildman–Crippen MR) is 162 cm³/mol. The van der Waals surface area contributed by atoms with Crippen LogP contribution in [0.4, 0.5) is 9.59 Å².